The van der Waals surface area contributed by atoms with Crippen LogP contribution in [-0.4, -0.2) is 30.0 Å². The lowest BCUT2D eigenvalue weighted by molar-refractivity contribution is -0.130. The van der Waals surface area contributed by atoms with E-state index in [9.17, 15) is 4.79 Å². The first-order chi connectivity index (χ1) is 8.69. The van der Waals surface area contributed by atoms with Crippen LogP contribution < -0.4 is 4.74 Å². The molecule has 1 heterocycles. The van der Waals surface area contributed by atoms with Crippen LogP contribution in [0.2, 0.25) is 0 Å². The van der Waals surface area contributed by atoms with E-state index in [0.29, 0.717) is 6.42 Å². The van der Waals surface area contributed by atoms with Crippen molar-refractivity contribution in [3.05, 3.63) is 28.7 Å². The third-order valence-electron chi connectivity index (χ3n) is 3.08. The predicted octanol–water partition coefficient (Wildman–Crippen LogP) is 3.23. The van der Waals surface area contributed by atoms with Crippen LogP contribution in [0.1, 0.15) is 26.2 Å². The number of likely N-dealkylation sites (tertiary alicyclic amines) is 1. The number of hydrogen-bond donors (Lipinski definition) is 0. The Hall–Kier alpha value is -1.03. The summed E-state index contributed by atoms with van der Waals surface area (Å²) in [5.74, 6) is 1.12. The Balaban J connectivity index is 1.86. The fourth-order valence-corrected chi connectivity index (χ4v) is 2.39. The van der Waals surface area contributed by atoms with E-state index in [2.05, 4.69) is 15.9 Å². The molecule has 1 fully saturated rings. The van der Waals surface area contributed by atoms with Crippen LogP contribution in [0.25, 0.3) is 0 Å². The number of ether oxygens (including phenoxy) is 1. The van der Waals surface area contributed by atoms with Crippen molar-refractivity contribution in [2.45, 2.75) is 32.3 Å². The summed E-state index contributed by atoms with van der Waals surface area (Å²) in [5, 5.41) is 0. The van der Waals surface area contributed by atoms with Gasteiger partial charge in [-0.05, 0) is 30.7 Å². The van der Waals surface area contributed by atoms with E-state index in [1.807, 2.05) is 36.1 Å². The number of carbonyl (C=O) groups excluding carboxylic acids is 1. The first-order valence-electron chi connectivity index (χ1n) is 6.39. The van der Waals surface area contributed by atoms with Crippen molar-refractivity contribution in [1.29, 1.82) is 0 Å². The molecule has 1 saturated heterocycles. The molecule has 2 rings (SSSR count). The van der Waals surface area contributed by atoms with E-state index in [0.717, 1.165) is 36.2 Å². The number of benzene rings is 1. The van der Waals surface area contributed by atoms with Gasteiger partial charge in [0.25, 0.3) is 0 Å². The van der Waals surface area contributed by atoms with E-state index < -0.39 is 0 Å². The van der Waals surface area contributed by atoms with Crippen molar-refractivity contribution >= 4 is 21.8 Å². The SMILES string of the molecule is CCCC(=O)N1CCC(Oc2ccc(Br)cc2)C1. The number of hydrogen-bond acceptors (Lipinski definition) is 2. The maximum atomic E-state index is 11.8. The standard InChI is InChI=1S/C14H18BrNO2/c1-2-3-14(17)16-9-8-13(10-16)18-12-6-4-11(15)5-7-12/h4-7,13H,2-3,8-10H2,1H3. The highest BCUT2D eigenvalue weighted by Gasteiger charge is 2.26. The zero-order chi connectivity index (χ0) is 13.0. The van der Waals surface area contributed by atoms with Crippen LogP contribution in [0.5, 0.6) is 5.75 Å². The molecule has 1 atom stereocenters. The van der Waals surface area contributed by atoms with E-state index in [1.165, 1.54) is 0 Å². The van der Waals surface area contributed by atoms with E-state index >= 15 is 0 Å². The summed E-state index contributed by atoms with van der Waals surface area (Å²) in [5.41, 5.74) is 0. The summed E-state index contributed by atoms with van der Waals surface area (Å²) >= 11 is 3.40. The molecule has 1 unspecified atom stereocenters. The number of halogens is 1. The Kier molecular flexibility index (Phi) is 4.64. The van der Waals surface area contributed by atoms with Gasteiger partial charge in [-0.3, -0.25) is 4.79 Å². The van der Waals surface area contributed by atoms with Gasteiger partial charge in [-0.1, -0.05) is 22.9 Å². The zero-order valence-corrected chi connectivity index (χ0v) is 12.1. The molecule has 0 aromatic heterocycles. The van der Waals surface area contributed by atoms with Gasteiger partial charge >= 0.3 is 0 Å². The molecule has 0 spiro atoms. The van der Waals surface area contributed by atoms with Crippen LogP contribution in [0.4, 0.5) is 0 Å². The minimum atomic E-state index is 0.131. The third-order valence-corrected chi connectivity index (χ3v) is 3.61. The Labute approximate surface area is 116 Å². The summed E-state index contributed by atoms with van der Waals surface area (Å²) in [7, 11) is 0. The lowest BCUT2D eigenvalue weighted by Crippen LogP contribution is -2.30. The van der Waals surface area contributed by atoms with Gasteiger partial charge in [0, 0.05) is 23.9 Å². The van der Waals surface area contributed by atoms with E-state index in [-0.39, 0.29) is 12.0 Å². The maximum Gasteiger partial charge on any atom is 0.222 e. The Bertz CT molecular complexity index is 405. The minimum absolute atomic E-state index is 0.131. The molecule has 1 aromatic carbocycles. The molecule has 3 nitrogen and oxygen atoms in total. The summed E-state index contributed by atoms with van der Waals surface area (Å²) < 4.78 is 6.92. The average Bonchev–Trinajstić information content (AvgIpc) is 2.81. The molecule has 98 valence electrons. The van der Waals surface area contributed by atoms with Crippen molar-refractivity contribution in [1.82, 2.24) is 4.90 Å². The molecule has 0 bridgehead atoms. The van der Waals surface area contributed by atoms with Gasteiger partial charge in [0.05, 0.1) is 6.54 Å². The second kappa shape index (κ2) is 6.23. The maximum absolute atomic E-state index is 11.8. The number of amides is 1. The van der Waals surface area contributed by atoms with Crippen molar-refractivity contribution in [2.75, 3.05) is 13.1 Å². The minimum Gasteiger partial charge on any atom is -0.489 e. The molecular formula is C14H18BrNO2. The molecule has 1 aliphatic heterocycles. The number of carbonyl (C=O) groups is 1. The van der Waals surface area contributed by atoms with Crippen LogP contribution in [0.15, 0.2) is 28.7 Å². The molecular weight excluding hydrogens is 294 g/mol. The van der Waals surface area contributed by atoms with Crippen molar-refractivity contribution in [3.8, 4) is 5.75 Å². The van der Waals surface area contributed by atoms with E-state index in [4.69, 9.17) is 4.74 Å². The highest BCUT2D eigenvalue weighted by molar-refractivity contribution is 9.10. The summed E-state index contributed by atoms with van der Waals surface area (Å²) in [6, 6.07) is 7.82. The molecule has 0 radical (unpaired) electrons. The normalized spacial score (nSPS) is 19.0. The monoisotopic (exact) mass is 311 g/mol. The van der Waals surface area contributed by atoms with Gasteiger partial charge in [-0.25, -0.2) is 0 Å². The lowest BCUT2D eigenvalue weighted by Gasteiger charge is -2.17. The first kappa shape index (κ1) is 13.4. The zero-order valence-electron chi connectivity index (χ0n) is 10.6. The van der Waals surface area contributed by atoms with E-state index in [1.54, 1.807) is 0 Å². The second-order valence-corrected chi connectivity index (χ2v) is 5.49. The fraction of sp³-hybridized carbons (Fsp3) is 0.500. The molecule has 1 aliphatic rings. The molecule has 1 aromatic rings. The second-order valence-electron chi connectivity index (χ2n) is 4.57. The van der Waals surface area contributed by atoms with Crippen LogP contribution in [-0.2, 0) is 4.79 Å². The van der Waals surface area contributed by atoms with Crippen LogP contribution in [0.3, 0.4) is 0 Å². The molecule has 4 heteroatoms. The Morgan fingerprint density at radius 3 is 2.83 bits per heavy atom. The highest BCUT2D eigenvalue weighted by atomic mass is 79.9. The lowest BCUT2D eigenvalue weighted by atomic mass is 10.3. The van der Waals surface area contributed by atoms with Crippen molar-refractivity contribution in [2.24, 2.45) is 0 Å². The average molecular weight is 312 g/mol. The van der Waals surface area contributed by atoms with Gasteiger partial charge in [0.2, 0.25) is 5.91 Å². The molecule has 0 aliphatic carbocycles. The van der Waals surface area contributed by atoms with Gasteiger partial charge < -0.3 is 9.64 Å². The largest absolute Gasteiger partial charge is 0.489 e. The van der Waals surface area contributed by atoms with Crippen LogP contribution >= 0.6 is 15.9 Å². The topological polar surface area (TPSA) is 29.5 Å². The third kappa shape index (κ3) is 3.48. The van der Waals surface area contributed by atoms with Crippen LogP contribution in [0, 0.1) is 0 Å². The first-order valence-corrected chi connectivity index (χ1v) is 7.18. The molecule has 18 heavy (non-hydrogen) atoms. The van der Waals surface area contributed by atoms with Crippen molar-refractivity contribution in [3.63, 3.8) is 0 Å². The number of rotatable bonds is 4. The summed E-state index contributed by atoms with van der Waals surface area (Å²) in [4.78, 5) is 13.7. The Morgan fingerprint density at radius 2 is 2.17 bits per heavy atom. The molecule has 0 N–H and O–H groups in total. The quantitative estimate of drug-likeness (QED) is 0.854. The fourth-order valence-electron chi connectivity index (χ4n) is 2.13. The summed E-state index contributed by atoms with van der Waals surface area (Å²) in [6.45, 7) is 3.57. The smallest absolute Gasteiger partial charge is 0.222 e. The van der Waals surface area contributed by atoms with Gasteiger partial charge in [-0.2, -0.15) is 0 Å². The Morgan fingerprint density at radius 1 is 1.44 bits per heavy atom. The number of nitrogens with zero attached hydrogens (tertiary/aromatic N) is 1. The molecule has 0 saturated carbocycles. The van der Waals surface area contributed by atoms with Gasteiger partial charge in [0.15, 0.2) is 0 Å². The highest BCUT2D eigenvalue weighted by Crippen LogP contribution is 2.21. The molecule has 1 amide bonds. The van der Waals surface area contributed by atoms with Gasteiger partial charge in [-0.15, -0.1) is 0 Å². The predicted molar refractivity (Wildman–Crippen MR) is 74.7 cm³/mol. The van der Waals surface area contributed by atoms with Gasteiger partial charge in [0.1, 0.15) is 11.9 Å². The van der Waals surface area contributed by atoms with Crippen molar-refractivity contribution < 1.29 is 9.53 Å². The summed E-state index contributed by atoms with van der Waals surface area (Å²) in [6.07, 6.45) is 2.61.